The minimum Gasteiger partial charge on any atom is -0.389 e. The second kappa shape index (κ2) is 6.89. The lowest BCUT2D eigenvalue weighted by atomic mass is 9.95. The zero-order valence-corrected chi connectivity index (χ0v) is 12.3. The predicted octanol–water partition coefficient (Wildman–Crippen LogP) is 2.99. The van der Waals surface area contributed by atoms with Gasteiger partial charge < -0.3 is 10.4 Å². The maximum Gasteiger partial charge on any atom is 0.222 e. The van der Waals surface area contributed by atoms with Crippen molar-refractivity contribution in [1.82, 2.24) is 5.32 Å². The van der Waals surface area contributed by atoms with E-state index in [1.54, 1.807) is 0 Å². The van der Waals surface area contributed by atoms with E-state index in [0.29, 0.717) is 12.5 Å². The highest BCUT2D eigenvalue weighted by molar-refractivity contribution is 5.77. The van der Waals surface area contributed by atoms with Crippen molar-refractivity contribution in [2.24, 2.45) is 0 Å². The topological polar surface area (TPSA) is 49.3 Å². The molecule has 0 saturated heterocycles. The summed E-state index contributed by atoms with van der Waals surface area (Å²) in [7, 11) is 0. The summed E-state index contributed by atoms with van der Waals surface area (Å²) in [6.07, 6.45) is 4.83. The van der Waals surface area contributed by atoms with E-state index in [1.165, 1.54) is 5.56 Å². The van der Waals surface area contributed by atoms with E-state index >= 15 is 0 Å². The van der Waals surface area contributed by atoms with Crippen molar-refractivity contribution < 1.29 is 9.90 Å². The van der Waals surface area contributed by atoms with Crippen molar-refractivity contribution in [3.05, 3.63) is 35.9 Å². The summed E-state index contributed by atoms with van der Waals surface area (Å²) in [6, 6.07) is 10.3. The largest absolute Gasteiger partial charge is 0.389 e. The van der Waals surface area contributed by atoms with Crippen molar-refractivity contribution in [1.29, 1.82) is 0 Å². The first kappa shape index (κ1) is 15.0. The SMILES string of the molecule is CCC(CNC(=O)CC1(O)CCCC1)c1ccccc1. The van der Waals surface area contributed by atoms with Gasteiger partial charge in [-0.05, 0) is 24.8 Å². The molecule has 1 aromatic rings. The predicted molar refractivity (Wildman–Crippen MR) is 80.5 cm³/mol. The lowest BCUT2D eigenvalue weighted by Gasteiger charge is -2.22. The third-order valence-electron chi connectivity index (χ3n) is 4.33. The Morgan fingerprint density at radius 3 is 2.55 bits per heavy atom. The molecule has 1 fully saturated rings. The second-order valence-electron chi connectivity index (χ2n) is 5.93. The van der Waals surface area contributed by atoms with Crippen LogP contribution in [0.3, 0.4) is 0 Å². The molecule has 20 heavy (non-hydrogen) atoms. The van der Waals surface area contributed by atoms with Crippen LogP contribution in [0.15, 0.2) is 30.3 Å². The zero-order chi connectivity index (χ0) is 14.4. The first-order valence-corrected chi connectivity index (χ1v) is 7.67. The molecule has 0 heterocycles. The van der Waals surface area contributed by atoms with Crippen LogP contribution in [0.2, 0.25) is 0 Å². The number of amides is 1. The Morgan fingerprint density at radius 2 is 1.95 bits per heavy atom. The molecule has 1 saturated carbocycles. The first-order valence-electron chi connectivity index (χ1n) is 7.67. The Hall–Kier alpha value is -1.35. The van der Waals surface area contributed by atoms with Gasteiger partial charge in [-0.15, -0.1) is 0 Å². The molecule has 1 aliphatic carbocycles. The van der Waals surface area contributed by atoms with Gasteiger partial charge in [0.1, 0.15) is 0 Å². The number of carbonyl (C=O) groups is 1. The highest BCUT2D eigenvalue weighted by Crippen LogP contribution is 2.32. The van der Waals surface area contributed by atoms with E-state index in [0.717, 1.165) is 32.1 Å². The Labute approximate surface area is 121 Å². The van der Waals surface area contributed by atoms with Crippen LogP contribution in [0.4, 0.5) is 0 Å². The number of benzene rings is 1. The summed E-state index contributed by atoms with van der Waals surface area (Å²) in [5.41, 5.74) is 0.508. The van der Waals surface area contributed by atoms with Crippen LogP contribution in [-0.2, 0) is 4.79 Å². The van der Waals surface area contributed by atoms with Crippen LogP contribution in [0.5, 0.6) is 0 Å². The molecule has 1 amide bonds. The summed E-state index contributed by atoms with van der Waals surface area (Å²) in [5.74, 6) is 0.321. The van der Waals surface area contributed by atoms with Crippen molar-refractivity contribution in [2.75, 3.05) is 6.54 Å². The van der Waals surface area contributed by atoms with E-state index in [2.05, 4.69) is 24.4 Å². The molecular weight excluding hydrogens is 250 g/mol. The molecule has 1 aliphatic rings. The van der Waals surface area contributed by atoms with Gasteiger partial charge in [0.25, 0.3) is 0 Å². The monoisotopic (exact) mass is 275 g/mol. The van der Waals surface area contributed by atoms with Gasteiger partial charge in [0.15, 0.2) is 0 Å². The molecule has 3 nitrogen and oxygen atoms in total. The minimum atomic E-state index is -0.751. The molecule has 1 atom stereocenters. The Morgan fingerprint density at radius 1 is 1.30 bits per heavy atom. The quantitative estimate of drug-likeness (QED) is 0.838. The lowest BCUT2D eigenvalue weighted by molar-refractivity contribution is -0.125. The van der Waals surface area contributed by atoms with Gasteiger partial charge >= 0.3 is 0 Å². The van der Waals surface area contributed by atoms with Gasteiger partial charge in [-0.25, -0.2) is 0 Å². The van der Waals surface area contributed by atoms with Crippen LogP contribution in [0.1, 0.15) is 56.9 Å². The number of carbonyl (C=O) groups excluding carboxylic acids is 1. The van der Waals surface area contributed by atoms with Crippen LogP contribution in [0, 0.1) is 0 Å². The third kappa shape index (κ3) is 4.07. The molecule has 0 spiro atoms. The van der Waals surface area contributed by atoms with E-state index < -0.39 is 5.60 Å². The molecule has 110 valence electrons. The molecule has 0 aromatic heterocycles. The van der Waals surface area contributed by atoms with Gasteiger partial charge in [0.2, 0.25) is 5.91 Å². The first-order chi connectivity index (χ1) is 9.63. The maximum atomic E-state index is 12.0. The summed E-state index contributed by atoms with van der Waals surface area (Å²) in [4.78, 5) is 12.0. The maximum absolute atomic E-state index is 12.0. The average Bonchev–Trinajstić information content (AvgIpc) is 2.87. The third-order valence-corrected chi connectivity index (χ3v) is 4.33. The van der Waals surface area contributed by atoms with Crippen molar-refractivity contribution in [3.8, 4) is 0 Å². The van der Waals surface area contributed by atoms with Crippen molar-refractivity contribution in [3.63, 3.8) is 0 Å². The van der Waals surface area contributed by atoms with Gasteiger partial charge in [0, 0.05) is 12.5 Å². The fraction of sp³-hybridized carbons (Fsp3) is 0.588. The Bertz CT molecular complexity index is 424. The van der Waals surface area contributed by atoms with Crippen LogP contribution in [-0.4, -0.2) is 23.2 Å². The van der Waals surface area contributed by atoms with Gasteiger partial charge in [-0.1, -0.05) is 50.1 Å². The van der Waals surface area contributed by atoms with Crippen molar-refractivity contribution in [2.45, 2.75) is 57.0 Å². The summed E-state index contributed by atoms with van der Waals surface area (Å²) >= 11 is 0. The van der Waals surface area contributed by atoms with Gasteiger partial charge in [-0.3, -0.25) is 4.79 Å². The Balaban J connectivity index is 1.82. The molecule has 0 bridgehead atoms. The summed E-state index contributed by atoms with van der Waals surface area (Å²) < 4.78 is 0. The standard InChI is InChI=1S/C17H25NO2/c1-2-14(15-8-4-3-5-9-15)13-18-16(19)12-17(20)10-6-7-11-17/h3-5,8-9,14,20H,2,6-7,10-13H2,1H3,(H,18,19). The normalized spacial score (nSPS) is 18.7. The lowest BCUT2D eigenvalue weighted by Crippen LogP contribution is -2.36. The summed E-state index contributed by atoms with van der Waals surface area (Å²) in [5, 5.41) is 13.2. The molecular formula is C17H25NO2. The molecule has 0 radical (unpaired) electrons. The number of hydrogen-bond donors (Lipinski definition) is 2. The van der Waals surface area contributed by atoms with Crippen LogP contribution in [0.25, 0.3) is 0 Å². The zero-order valence-electron chi connectivity index (χ0n) is 12.3. The van der Waals surface area contributed by atoms with Crippen molar-refractivity contribution >= 4 is 5.91 Å². The number of rotatable bonds is 6. The number of aliphatic hydroxyl groups is 1. The van der Waals surface area contributed by atoms with Crippen LogP contribution < -0.4 is 5.32 Å². The molecule has 3 heteroatoms. The number of nitrogens with one attached hydrogen (secondary N) is 1. The molecule has 2 rings (SSSR count). The summed E-state index contributed by atoms with van der Waals surface area (Å²) in [6.45, 7) is 2.78. The van der Waals surface area contributed by atoms with Gasteiger partial charge in [0.05, 0.1) is 12.0 Å². The highest BCUT2D eigenvalue weighted by atomic mass is 16.3. The fourth-order valence-electron chi connectivity index (χ4n) is 3.03. The highest BCUT2D eigenvalue weighted by Gasteiger charge is 2.33. The van der Waals surface area contributed by atoms with Crippen LogP contribution >= 0.6 is 0 Å². The Kier molecular flexibility index (Phi) is 5.18. The molecule has 1 aromatic carbocycles. The van der Waals surface area contributed by atoms with Gasteiger partial charge in [-0.2, -0.15) is 0 Å². The second-order valence-corrected chi connectivity index (χ2v) is 5.93. The molecule has 2 N–H and O–H groups in total. The van der Waals surface area contributed by atoms with E-state index in [9.17, 15) is 9.90 Å². The fourth-order valence-corrected chi connectivity index (χ4v) is 3.03. The van der Waals surface area contributed by atoms with E-state index in [4.69, 9.17) is 0 Å². The number of hydrogen-bond acceptors (Lipinski definition) is 2. The average molecular weight is 275 g/mol. The molecule has 1 unspecified atom stereocenters. The van der Waals surface area contributed by atoms with E-state index in [-0.39, 0.29) is 12.3 Å². The smallest absolute Gasteiger partial charge is 0.222 e. The van der Waals surface area contributed by atoms with E-state index in [1.807, 2.05) is 18.2 Å². The minimum absolute atomic E-state index is 0.0243. The molecule has 0 aliphatic heterocycles.